The lowest BCUT2D eigenvalue weighted by Gasteiger charge is -2.35. The van der Waals surface area contributed by atoms with Gasteiger partial charge in [-0.3, -0.25) is 0 Å². The van der Waals surface area contributed by atoms with E-state index in [1.54, 1.807) is 0 Å². The summed E-state index contributed by atoms with van der Waals surface area (Å²) < 4.78 is 1.05. The number of anilines is 2. The second kappa shape index (κ2) is 5.27. The molecule has 1 aliphatic rings. The maximum absolute atomic E-state index is 9.53. The van der Waals surface area contributed by atoms with Crippen LogP contribution in [-0.2, 0) is 0 Å². The van der Waals surface area contributed by atoms with Crippen molar-refractivity contribution in [3.8, 4) is 0 Å². The Bertz CT molecular complexity index is 389. The Morgan fingerprint density at radius 1 is 1.29 bits per heavy atom. The average Bonchev–Trinajstić information content (AvgIpc) is 2.32. The van der Waals surface area contributed by atoms with E-state index in [0.717, 1.165) is 41.5 Å². The van der Waals surface area contributed by atoms with E-state index in [4.69, 9.17) is 5.73 Å². The molecule has 94 valence electrons. The van der Waals surface area contributed by atoms with E-state index in [1.807, 2.05) is 12.1 Å². The SMILES string of the molecule is CN(c1cc(Br)ccc1N)C1CCC(O)CC1. The van der Waals surface area contributed by atoms with Gasteiger partial charge in [-0.2, -0.15) is 0 Å². The van der Waals surface area contributed by atoms with Crippen LogP contribution < -0.4 is 10.6 Å². The Morgan fingerprint density at radius 2 is 1.94 bits per heavy atom. The summed E-state index contributed by atoms with van der Waals surface area (Å²) in [6.45, 7) is 0. The summed E-state index contributed by atoms with van der Waals surface area (Å²) in [6, 6.07) is 6.42. The fraction of sp³-hybridized carbons (Fsp3) is 0.538. The third-order valence-electron chi connectivity index (χ3n) is 3.59. The first-order valence-corrected chi connectivity index (χ1v) is 6.83. The molecule has 0 aliphatic heterocycles. The van der Waals surface area contributed by atoms with Crippen molar-refractivity contribution in [2.45, 2.75) is 37.8 Å². The van der Waals surface area contributed by atoms with E-state index in [-0.39, 0.29) is 6.10 Å². The van der Waals surface area contributed by atoms with Gasteiger partial charge < -0.3 is 15.7 Å². The topological polar surface area (TPSA) is 49.5 Å². The molecular formula is C13H19BrN2O. The van der Waals surface area contributed by atoms with Crippen LogP contribution in [0.4, 0.5) is 11.4 Å². The van der Waals surface area contributed by atoms with Crippen molar-refractivity contribution >= 4 is 27.3 Å². The van der Waals surface area contributed by atoms with Gasteiger partial charge in [-0.05, 0) is 43.9 Å². The first-order chi connectivity index (χ1) is 8.08. The Kier molecular flexibility index (Phi) is 3.94. The van der Waals surface area contributed by atoms with Crippen LogP contribution in [-0.4, -0.2) is 24.3 Å². The lowest BCUT2D eigenvalue weighted by molar-refractivity contribution is 0.122. The molecule has 0 bridgehead atoms. The minimum absolute atomic E-state index is 0.112. The van der Waals surface area contributed by atoms with Crippen LogP contribution in [0.3, 0.4) is 0 Å². The highest BCUT2D eigenvalue weighted by atomic mass is 79.9. The molecule has 2 rings (SSSR count). The number of aliphatic hydroxyl groups excluding tert-OH is 1. The summed E-state index contributed by atoms with van der Waals surface area (Å²) in [7, 11) is 2.08. The zero-order valence-corrected chi connectivity index (χ0v) is 11.7. The second-order valence-corrected chi connectivity index (χ2v) is 5.69. The minimum Gasteiger partial charge on any atom is -0.397 e. The highest BCUT2D eigenvalue weighted by molar-refractivity contribution is 9.10. The van der Waals surface area contributed by atoms with Crippen LogP contribution >= 0.6 is 15.9 Å². The van der Waals surface area contributed by atoms with Crippen molar-refractivity contribution in [3.05, 3.63) is 22.7 Å². The molecular weight excluding hydrogens is 280 g/mol. The van der Waals surface area contributed by atoms with Crippen LogP contribution in [0, 0.1) is 0 Å². The summed E-state index contributed by atoms with van der Waals surface area (Å²) >= 11 is 3.48. The van der Waals surface area contributed by atoms with E-state index in [2.05, 4.69) is 33.9 Å². The van der Waals surface area contributed by atoms with Gasteiger partial charge >= 0.3 is 0 Å². The number of hydrogen-bond donors (Lipinski definition) is 2. The molecule has 0 spiro atoms. The maximum Gasteiger partial charge on any atom is 0.0611 e. The van der Waals surface area contributed by atoms with Gasteiger partial charge in [0.1, 0.15) is 0 Å². The molecule has 0 amide bonds. The summed E-state index contributed by atoms with van der Waals surface area (Å²) in [5, 5.41) is 9.53. The van der Waals surface area contributed by atoms with Crippen LogP contribution in [0.5, 0.6) is 0 Å². The predicted molar refractivity (Wildman–Crippen MR) is 75.2 cm³/mol. The molecule has 1 aliphatic carbocycles. The van der Waals surface area contributed by atoms with E-state index in [9.17, 15) is 5.11 Å². The van der Waals surface area contributed by atoms with Crippen molar-refractivity contribution in [2.24, 2.45) is 0 Å². The standard InChI is InChI=1S/C13H19BrN2O/c1-16(10-3-5-11(17)6-4-10)13-8-9(14)2-7-12(13)15/h2,7-8,10-11,17H,3-6,15H2,1H3. The van der Waals surface area contributed by atoms with Crippen LogP contribution in [0.25, 0.3) is 0 Å². The largest absolute Gasteiger partial charge is 0.397 e. The van der Waals surface area contributed by atoms with Crippen molar-refractivity contribution in [2.75, 3.05) is 17.7 Å². The number of aliphatic hydroxyl groups is 1. The zero-order chi connectivity index (χ0) is 12.4. The third-order valence-corrected chi connectivity index (χ3v) is 4.08. The zero-order valence-electron chi connectivity index (χ0n) is 10.1. The van der Waals surface area contributed by atoms with Crippen molar-refractivity contribution in [3.63, 3.8) is 0 Å². The molecule has 1 fully saturated rings. The molecule has 4 heteroatoms. The predicted octanol–water partition coefficient (Wildman–Crippen LogP) is 2.77. The summed E-state index contributed by atoms with van der Waals surface area (Å²) in [6.07, 6.45) is 3.73. The Balaban J connectivity index is 2.13. The van der Waals surface area contributed by atoms with Gasteiger partial charge in [0.15, 0.2) is 0 Å². The smallest absolute Gasteiger partial charge is 0.0611 e. The number of nitrogens with two attached hydrogens (primary N) is 1. The first-order valence-electron chi connectivity index (χ1n) is 6.04. The van der Waals surface area contributed by atoms with Crippen LogP contribution in [0.2, 0.25) is 0 Å². The molecule has 1 saturated carbocycles. The molecule has 0 heterocycles. The summed E-state index contributed by atoms with van der Waals surface area (Å²) in [5.41, 5.74) is 7.89. The molecule has 0 radical (unpaired) electrons. The average molecular weight is 299 g/mol. The molecule has 1 aromatic carbocycles. The van der Waals surface area contributed by atoms with Gasteiger partial charge in [0.2, 0.25) is 0 Å². The first kappa shape index (κ1) is 12.7. The minimum atomic E-state index is -0.112. The normalized spacial score (nSPS) is 24.6. The number of halogens is 1. The Labute approximate surface area is 111 Å². The number of hydrogen-bond acceptors (Lipinski definition) is 3. The van der Waals surface area contributed by atoms with E-state index in [1.165, 1.54) is 0 Å². The van der Waals surface area contributed by atoms with Gasteiger partial charge in [-0.1, -0.05) is 15.9 Å². The second-order valence-electron chi connectivity index (χ2n) is 4.78. The lowest BCUT2D eigenvalue weighted by Crippen LogP contribution is -2.36. The molecule has 1 aromatic rings. The number of benzene rings is 1. The molecule has 0 aromatic heterocycles. The van der Waals surface area contributed by atoms with Gasteiger partial charge in [-0.25, -0.2) is 0 Å². The van der Waals surface area contributed by atoms with Gasteiger partial charge in [0, 0.05) is 17.6 Å². The van der Waals surface area contributed by atoms with E-state index < -0.39 is 0 Å². The molecule has 0 saturated heterocycles. The molecule has 17 heavy (non-hydrogen) atoms. The van der Waals surface area contributed by atoms with Crippen LogP contribution in [0.15, 0.2) is 22.7 Å². The van der Waals surface area contributed by atoms with Crippen molar-refractivity contribution in [1.82, 2.24) is 0 Å². The fourth-order valence-corrected chi connectivity index (χ4v) is 2.81. The molecule has 0 unspecified atom stereocenters. The summed E-state index contributed by atoms with van der Waals surface area (Å²) in [4.78, 5) is 2.24. The fourth-order valence-electron chi connectivity index (χ4n) is 2.46. The van der Waals surface area contributed by atoms with E-state index in [0.29, 0.717) is 6.04 Å². The number of nitrogen functional groups attached to an aromatic ring is 1. The molecule has 0 atom stereocenters. The van der Waals surface area contributed by atoms with Gasteiger partial charge in [-0.15, -0.1) is 0 Å². The monoisotopic (exact) mass is 298 g/mol. The highest BCUT2D eigenvalue weighted by Crippen LogP contribution is 2.31. The number of rotatable bonds is 2. The van der Waals surface area contributed by atoms with Gasteiger partial charge in [0.05, 0.1) is 17.5 Å². The molecule has 3 nitrogen and oxygen atoms in total. The summed E-state index contributed by atoms with van der Waals surface area (Å²) in [5.74, 6) is 0. The highest BCUT2D eigenvalue weighted by Gasteiger charge is 2.23. The maximum atomic E-state index is 9.53. The Morgan fingerprint density at radius 3 is 2.59 bits per heavy atom. The third kappa shape index (κ3) is 2.93. The van der Waals surface area contributed by atoms with Crippen LogP contribution in [0.1, 0.15) is 25.7 Å². The number of nitrogens with zero attached hydrogens (tertiary/aromatic N) is 1. The van der Waals surface area contributed by atoms with Gasteiger partial charge in [0.25, 0.3) is 0 Å². The quantitative estimate of drug-likeness (QED) is 0.826. The Hall–Kier alpha value is -0.740. The van der Waals surface area contributed by atoms with Crippen molar-refractivity contribution < 1.29 is 5.11 Å². The van der Waals surface area contributed by atoms with E-state index >= 15 is 0 Å². The lowest BCUT2D eigenvalue weighted by atomic mass is 9.92. The molecule has 3 N–H and O–H groups in total. The van der Waals surface area contributed by atoms with Crippen molar-refractivity contribution in [1.29, 1.82) is 0 Å².